The van der Waals surface area contributed by atoms with Crippen LogP contribution in [0.25, 0.3) is 0 Å². The van der Waals surface area contributed by atoms with Gasteiger partial charge in [0.25, 0.3) is 0 Å². The molecule has 1 rings (SSSR count). The molecule has 0 aromatic rings. The molecule has 0 spiro atoms. The SMILES string of the molecule is CCOC(=O)C1(Br)C=CC1. The van der Waals surface area contributed by atoms with E-state index in [0.717, 1.165) is 6.42 Å². The van der Waals surface area contributed by atoms with Gasteiger partial charge in [0, 0.05) is 0 Å². The summed E-state index contributed by atoms with van der Waals surface area (Å²) in [5.41, 5.74) is 0. The molecule has 0 aromatic carbocycles. The van der Waals surface area contributed by atoms with Gasteiger partial charge in [-0.3, -0.25) is 4.79 Å². The zero-order valence-corrected chi connectivity index (χ0v) is 7.35. The van der Waals surface area contributed by atoms with Crippen LogP contribution in [0.1, 0.15) is 13.3 Å². The number of ether oxygens (including phenoxy) is 1. The van der Waals surface area contributed by atoms with Gasteiger partial charge in [0.1, 0.15) is 4.32 Å². The molecule has 0 amide bonds. The monoisotopic (exact) mass is 204 g/mol. The van der Waals surface area contributed by atoms with Crippen LogP contribution in [0.15, 0.2) is 12.2 Å². The van der Waals surface area contributed by atoms with Crippen molar-refractivity contribution in [3.8, 4) is 0 Å². The Hall–Kier alpha value is -0.310. The molecule has 10 heavy (non-hydrogen) atoms. The van der Waals surface area contributed by atoms with Crippen molar-refractivity contribution >= 4 is 21.9 Å². The molecule has 56 valence electrons. The lowest BCUT2D eigenvalue weighted by atomic mass is 9.95. The van der Waals surface area contributed by atoms with Crippen LogP contribution in [0.5, 0.6) is 0 Å². The maximum absolute atomic E-state index is 11.0. The van der Waals surface area contributed by atoms with E-state index in [4.69, 9.17) is 4.74 Å². The molecular formula is C7H9BrO2. The number of esters is 1. The van der Waals surface area contributed by atoms with Crippen molar-refractivity contribution in [1.29, 1.82) is 0 Å². The molecule has 1 aliphatic rings. The minimum Gasteiger partial charge on any atom is -0.465 e. The molecular weight excluding hydrogens is 196 g/mol. The number of carbonyl (C=O) groups excluding carboxylic acids is 1. The standard InChI is InChI=1S/C7H9BrO2/c1-2-10-6(9)7(8)4-3-5-7/h3-4H,2,5H2,1H3. The molecule has 1 atom stereocenters. The number of carbonyl (C=O) groups is 1. The molecule has 0 fully saturated rings. The third-order valence-corrected chi connectivity index (χ3v) is 2.32. The minimum absolute atomic E-state index is 0.183. The summed E-state index contributed by atoms with van der Waals surface area (Å²) in [6.07, 6.45) is 4.49. The molecule has 0 saturated heterocycles. The second kappa shape index (κ2) is 2.74. The van der Waals surface area contributed by atoms with Gasteiger partial charge in [-0.15, -0.1) is 0 Å². The molecule has 0 aliphatic heterocycles. The van der Waals surface area contributed by atoms with E-state index in [9.17, 15) is 4.79 Å². The molecule has 1 aliphatic carbocycles. The first kappa shape index (κ1) is 7.79. The van der Waals surface area contributed by atoms with Crippen molar-refractivity contribution < 1.29 is 9.53 Å². The highest BCUT2D eigenvalue weighted by Gasteiger charge is 2.37. The van der Waals surface area contributed by atoms with Crippen LogP contribution in [0, 0.1) is 0 Å². The van der Waals surface area contributed by atoms with Crippen molar-refractivity contribution in [3.05, 3.63) is 12.2 Å². The number of halogens is 1. The summed E-state index contributed by atoms with van der Waals surface area (Å²) >= 11 is 3.27. The average molecular weight is 205 g/mol. The summed E-state index contributed by atoms with van der Waals surface area (Å²) in [5, 5.41) is 0. The Balaban J connectivity index is 2.48. The van der Waals surface area contributed by atoms with Gasteiger partial charge in [-0.1, -0.05) is 28.1 Å². The van der Waals surface area contributed by atoms with Gasteiger partial charge in [-0.25, -0.2) is 0 Å². The first-order valence-electron chi connectivity index (χ1n) is 3.23. The Morgan fingerprint density at radius 1 is 1.90 bits per heavy atom. The van der Waals surface area contributed by atoms with E-state index in [1.807, 2.05) is 12.2 Å². The molecule has 0 aromatic heterocycles. The second-order valence-electron chi connectivity index (χ2n) is 2.19. The fourth-order valence-electron chi connectivity index (χ4n) is 0.727. The number of alkyl halides is 1. The Morgan fingerprint density at radius 3 is 2.80 bits per heavy atom. The van der Waals surface area contributed by atoms with E-state index >= 15 is 0 Å². The summed E-state index contributed by atoms with van der Waals surface area (Å²) in [4.78, 5) is 11.0. The van der Waals surface area contributed by atoms with Crippen LogP contribution < -0.4 is 0 Å². The van der Waals surface area contributed by atoms with Crippen LogP contribution in [0.3, 0.4) is 0 Å². The molecule has 0 radical (unpaired) electrons. The summed E-state index contributed by atoms with van der Waals surface area (Å²) < 4.78 is 4.31. The van der Waals surface area contributed by atoms with Crippen molar-refractivity contribution in [2.75, 3.05) is 6.61 Å². The molecule has 3 heteroatoms. The summed E-state index contributed by atoms with van der Waals surface area (Å²) in [6.45, 7) is 2.25. The lowest BCUT2D eigenvalue weighted by Crippen LogP contribution is -2.35. The third kappa shape index (κ3) is 1.24. The maximum atomic E-state index is 11.0. The molecule has 0 N–H and O–H groups in total. The van der Waals surface area contributed by atoms with Crippen LogP contribution in [-0.2, 0) is 9.53 Å². The van der Waals surface area contributed by atoms with Crippen molar-refractivity contribution in [3.63, 3.8) is 0 Å². The molecule has 0 saturated carbocycles. The van der Waals surface area contributed by atoms with Crippen LogP contribution in [0.2, 0.25) is 0 Å². The third-order valence-electron chi connectivity index (χ3n) is 1.41. The zero-order chi connectivity index (χ0) is 7.61. The predicted octanol–water partition coefficient (Wildman–Crippen LogP) is 1.64. The highest BCUT2D eigenvalue weighted by Crippen LogP contribution is 2.33. The average Bonchev–Trinajstić information content (AvgIpc) is 1.83. The number of allylic oxidation sites excluding steroid dienone is 1. The summed E-state index contributed by atoms with van der Waals surface area (Å²) in [5.74, 6) is -0.183. The quantitative estimate of drug-likeness (QED) is 0.389. The van der Waals surface area contributed by atoms with Gasteiger partial charge in [-0.2, -0.15) is 0 Å². The second-order valence-corrected chi connectivity index (χ2v) is 3.60. The minimum atomic E-state index is -0.497. The van der Waals surface area contributed by atoms with Crippen molar-refractivity contribution in [1.82, 2.24) is 0 Å². The van der Waals surface area contributed by atoms with Gasteiger partial charge in [0.05, 0.1) is 6.61 Å². The van der Waals surface area contributed by atoms with E-state index < -0.39 is 4.32 Å². The fraction of sp³-hybridized carbons (Fsp3) is 0.571. The molecule has 0 heterocycles. The predicted molar refractivity (Wildman–Crippen MR) is 42.0 cm³/mol. The lowest BCUT2D eigenvalue weighted by molar-refractivity contribution is -0.144. The van der Waals surface area contributed by atoms with Crippen molar-refractivity contribution in [2.45, 2.75) is 17.7 Å². The van der Waals surface area contributed by atoms with E-state index in [0.29, 0.717) is 6.61 Å². The number of hydrogen-bond donors (Lipinski definition) is 0. The highest BCUT2D eigenvalue weighted by atomic mass is 79.9. The van der Waals surface area contributed by atoms with Gasteiger partial charge in [-0.05, 0) is 13.3 Å². The maximum Gasteiger partial charge on any atom is 0.327 e. The van der Waals surface area contributed by atoms with E-state index in [2.05, 4.69) is 15.9 Å². The topological polar surface area (TPSA) is 26.3 Å². The zero-order valence-electron chi connectivity index (χ0n) is 5.76. The van der Waals surface area contributed by atoms with E-state index in [-0.39, 0.29) is 5.97 Å². The summed E-state index contributed by atoms with van der Waals surface area (Å²) in [6, 6.07) is 0. The molecule has 2 nitrogen and oxygen atoms in total. The van der Waals surface area contributed by atoms with Gasteiger partial charge >= 0.3 is 5.97 Å². The van der Waals surface area contributed by atoms with Crippen LogP contribution in [-0.4, -0.2) is 16.9 Å². The Morgan fingerprint density at radius 2 is 2.50 bits per heavy atom. The highest BCUT2D eigenvalue weighted by molar-refractivity contribution is 9.10. The smallest absolute Gasteiger partial charge is 0.327 e. The van der Waals surface area contributed by atoms with Crippen LogP contribution >= 0.6 is 15.9 Å². The fourth-order valence-corrected chi connectivity index (χ4v) is 1.22. The van der Waals surface area contributed by atoms with Crippen LogP contribution in [0.4, 0.5) is 0 Å². The Labute approximate surface area is 68.4 Å². The van der Waals surface area contributed by atoms with Gasteiger partial charge < -0.3 is 4.74 Å². The van der Waals surface area contributed by atoms with E-state index in [1.54, 1.807) is 6.92 Å². The van der Waals surface area contributed by atoms with Crippen molar-refractivity contribution in [2.24, 2.45) is 0 Å². The normalized spacial score (nSPS) is 29.4. The Kier molecular flexibility index (Phi) is 2.14. The largest absolute Gasteiger partial charge is 0.465 e. The molecule has 1 unspecified atom stereocenters. The lowest BCUT2D eigenvalue weighted by Gasteiger charge is -2.25. The molecule has 0 bridgehead atoms. The Bertz CT molecular complexity index is 176. The summed E-state index contributed by atoms with van der Waals surface area (Å²) in [7, 11) is 0. The number of rotatable bonds is 2. The first-order chi connectivity index (χ1) is 4.69. The van der Waals surface area contributed by atoms with Gasteiger partial charge in [0.15, 0.2) is 0 Å². The van der Waals surface area contributed by atoms with E-state index in [1.165, 1.54) is 0 Å². The van der Waals surface area contributed by atoms with Gasteiger partial charge in [0.2, 0.25) is 0 Å². The number of hydrogen-bond acceptors (Lipinski definition) is 2. The first-order valence-corrected chi connectivity index (χ1v) is 4.02.